The minimum atomic E-state index is -0.00390. The number of carbonyl (C=O) groups excluding carboxylic acids is 1. The molecule has 1 aliphatic heterocycles. The van der Waals surface area contributed by atoms with E-state index in [9.17, 15) is 4.79 Å². The van der Waals surface area contributed by atoms with E-state index in [1.807, 2.05) is 54.3 Å². The molecule has 0 N–H and O–H groups in total. The minimum absolute atomic E-state index is 0.00390. The lowest BCUT2D eigenvalue weighted by atomic mass is 10.1. The number of benzene rings is 2. The van der Waals surface area contributed by atoms with Crippen LogP contribution in [0.4, 0.5) is 5.69 Å². The maximum atomic E-state index is 13.2. The molecule has 4 rings (SSSR count). The second-order valence-electron chi connectivity index (χ2n) is 6.64. The molecule has 0 atom stereocenters. The SMILES string of the molecule is COc1cccc(N2CCN(C(=O)c3ccccc3-n3nnnc3C)CC2)c1. The largest absolute Gasteiger partial charge is 0.497 e. The Bertz CT molecular complexity index is 978. The van der Waals surface area contributed by atoms with Crippen LogP contribution in [0, 0.1) is 6.92 Å². The van der Waals surface area contributed by atoms with Crippen LogP contribution in [0.3, 0.4) is 0 Å². The standard InChI is InChI=1S/C20H22N6O2/c1-15-21-22-23-26(15)19-9-4-3-8-18(19)20(27)25-12-10-24(11-13-25)16-6-5-7-17(14-16)28-2/h3-9,14H,10-13H2,1-2H3. The first-order valence-corrected chi connectivity index (χ1v) is 9.20. The van der Waals surface area contributed by atoms with Crippen LogP contribution in [0.5, 0.6) is 5.75 Å². The zero-order valence-corrected chi connectivity index (χ0v) is 15.9. The Kier molecular flexibility index (Phi) is 4.92. The summed E-state index contributed by atoms with van der Waals surface area (Å²) in [5, 5.41) is 11.6. The van der Waals surface area contributed by atoms with Crippen LogP contribution in [-0.2, 0) is 0 Å². The molecule has 1 amide bonds. The molecule has 0 radical (unpaired) electrons. The summed E-state index contributed by atoms with van der Waals surface area (Å²) < 4.78 is 6.91. The lowest BCUT2D eigenvalue weighted by molar-refractivity contribution is 0.0746. The van der Waals surface area contributed by atoms with Crippen molar-refractivity contribution < 1.29 is 9.53 Å². The van der Waals surface area contributed by atoms with E-state index in [4.69, 9.17) is 4.74 Å². The summed E-state index contributed by atoms with van der Waals surface area (Å²) in [5.74, 6) is 1.47. The van der Waals surface area contributed by atoms with Gasteiger partial charge in [-0.25, -0.2) is 0 Å². The Morgan fingerprint density at radius 3 is 2.54 bits per heavy atom. The van der Waals surface area contributed by atoms with Crippen molar-refractivity contribution >= 4 is 11.6 Å². The molecule has 2 heterocycles. The van der Waals surface area contributed by atoms with Crippen molar-refractivity contribution in [2.75, 3.05) is 38.2 Å². The maximum Gasteiger partial charge on any atom is 0.256 e. The number of piperazine rings is 1. The number of aryl methyl sites for hydroxylation is 1. The van der Waals surface area contributed by atoms with Gasteiger partial charge in [-0.15, -0.1) is 5.10 Å². The number of rotatable bonds is 4. The number of hydrogen-bond acceptors (Lipinski definition) is 6. The second kappa shape index (κ2) is 7.67. The molecule has 8 heteroatoms. The highest BCUT2D eigenvalue weighted by Gasteiger charge is 2.25. The number of para-hydroxylation sites is 1. The summed E-state index contributed by atoms with van der Waals surface area (Å²) in [4.78, 5) is 17.3. The van der Waals surface area contributed by atoms with Gasteiger partial charge in [0.1, 0.15) is 5.75 Å². The molecule has 1 aromatic heterocycles. The lowest BCUT2D eigenvalue weighted by Gasteiger charge is -2.36. The highest BCUT2D eigenvalue weighted by molar-refractivity contribution is 5.98. The van der Waals surface area contributed by atoms with Crippen LogP contribution in [0.15, 0.2) is 48.5 Å². The predicted molar refractivity (Wildman–Crippen MR) is 105 cm³/mol. The topological polar surface area (TPSA) is 76.4 Å². The number of tetrazole rings is 1. The summed E-state index contributed by atoms with van der Waals surface area (Å²) in [6.07, 6.45) is 0. The summed E-state index contributed by atoms with van der Waals surface area (Å²) in [6, 6.07) is 15.4. The first-order chi connectivity index (χ1) is 13.7. The summed E-state index contributed by atoms with van der Waals surface area (Å²) in [6.45, 7) is 4.65. The van der Waals surface area contributed by atoms with Crippen molar-refractivity contribution in [3.8, 4) is 11.4 Å². The van der Waals surface area contributed by atoms with Crippen LogP contribution >= 0.6 is 0 Å². The average Bonchev–Trinajstić information content (AvgIpc) is 3.19. The van der Waals surface area contributed by atoms with E-state index in [1.165, 1.54) is 0 Å². The van der Waals surface area contributed by atoms with Gasteiger partial charge in [0.05, 0.1) is 18.4 Å². The van der Waals surface area contributed by atoms with E-state index in [2.05, 4.69) is 26.5 Å². The zero-order chi connectivity index (χ0) is 19.5. The van der Waals surface area contributed by atoms with Crippen molar-refractivity contribution in [2.45, 2.75) is 6.92 Å². The summed E-state index contributed by atoms with van der Waals surface area (Å²) >= 11 is 0. The molecule has 8 nitrogen and oxygen atoms in total. The zero-order valence-electron chi connectivity index (χ0n) is 15.9. The van der Waals surface area contributed by atoms with Gasteiger partial charge in [-0.05, 0) is 41.6 Å². The first kappa shape index (κ1) is 18.0. The molecular weight excluding hydrogens is 356 g/mol. The van der Waals surface area contributed by atoms with Gasteiger partial charge >= 0.3 is 0 Å². The number of hydrogen-bond donors (Lipinski definition) is 0. The highest BCUT2D eigenvalue weighted by atomic mass is 16.5. The van der Waals surface area contributed by atoms with E-state index in [1.54, 1.807) is 11.8 Å². The molecule has 0 unspecified atom stereocenters. The van der Waals surface area contributed by atoms with Crippen LogP contribution < -0.4 is 9.64 Å². The first-order valence-electron chi connectivity index (χ1n) is 9.20. The fourth-order valence-electron chi connectivity index (χ4n) is 3.44. The average molecular weight is 378 g/mol. The van der Waals surface area contributed by atoms with E-state index in [0.29, 0.717) is 30.2 Å². The van der Waals surface area contributed by atoms with Crippen LogP contribution in [0.1, 0.15) is 16.2 Å². The number of methoxy groups -OCH3 is 1. The van der Waals surface area contributed by atoms with E-state index in [0.717, 1.165) is 24.5 Å². The van der Waals surface area contributed by atoms with Crippen molar-refractivity contribution in [2.24, 2.45) is 0 Å². The normalized spacial score (nSPS) is 14.2. The molecule has 2 aromatic carbocycles. The van der Waals surface area contributed by atoms with Crippen molar-refractivity contribution in [1.29, 1.82) is 0 Å². The van der Waals surface area contributed by atoms with Crippen molar-refractivity contribution in [3.63, 3.8) is 0 Å². The maximum absolute atomic E-state index is 13.2. The fraction of sp³-hybridized carbons (Fsp3) is 0.300. The Labute approximate surface area is 163 Å². The molecule has 3 aromatic rings. The monoisotopic (exact) mass is 378 g/mol. The van der Waals surface area contributed by atoms with Crippen molar-refractivity contribution in [3.05, 3.63) is 59.9 Å². The van der Waals surface area contributed by atoms with E-state index < -0.39 is 0 Å². The van der Waals surface area contributed by atoms with E-state index >= 15 is 0 Å². The van der Waals surface area contributed by atoms with Gasteiger partial charge in [-0.2, -0.15) is 4.68 Å². The van der Waals surface area contributed by atoms with Gasteiger partial charge in [-0.1, -0.05) is 18.2 Å². The quantitative estimate of drug-likeness (QED) is 0.691. The Hall–Kier alpha value is -3.42. The third kappa shape index (κ3) is 3.40. The van der Waals surface area contributed by atoms with Gasteiger partial charge in [0.2, 0.25) is 0 Å². The Morgan fingerprint density at radius 1 is 1.04 bits per heavy atom. The molecule has 1 fully saturated rings. The smallest absolute Gasteiger partial charge is 0.256 e. The van der Waals surface area contributed by atoms with Gasteiger partial charge in [0.25, 0.3) is 5.91 Å². The Balaban J connectivity index is 1.50. The fourth-order valence-corrected chi connectivity index (χ4v) is 3.44. The molecule has 144 valence electrons. The van der Waals surface area contributed by atoms with Crippen LogP contribution in [-0.4, -0.2) is 64.3 Å². The number of nitrogens with zero attached hydrogens (tertiary/aromatic N) is 6. The lowest BCUT2D eigenvalue weighted by Crippen LogP contribution is -2.49. The highest BCUT2D eigenvalue weighted by Crippen LogP contribution is 2.23. The van der Waals surface area contributed by atoms with Gasteiger partial charge in [0.15, 0.2) is 5.82 Å². The molecule has 0 spiro atoms. The molecule has 0 saturated carbocycles. The molecule has 0 aliphatic carbocycles. The van der Waals surface area contributed by atoms with Gasteiger partial charge in [0, 0.05) is 37.9 Å². The summed E-state index contributed by atoms with van der Waals surface area (Å²) in [7, 11) is 1.67. The van der Waals surface area contributed by atoms with Gasteiger partial charge < -0.3 is 14.5 Å². The number of ether oxygens (including phenoxy) is 1. The molecular formula is C20H22N6O2. The number of aromatic nitrogens is 4. The molecule has 1 saturated heterocycles. The van der Waals surface area contributed by atoms with Crippen LogP contribution in [0.25, 0.3) is 5.69 Å². The third-order valence-corrected chi connectivity index (χ3v) is 4.97. The predicted octanol–water partition coefficient (Wildman–Crippen LogP) is 1.94. The Morgan fingerprint density at radius 2 is 1.82 bits per heavy atom. The molecule has 28 heavy (non-hydrogen) atoms. The number of carbonyl (C=O) groups is 1. The number of amides is 1. The van der Waals surface area contributed by atoms with E-state index in [-0.39, 0.29) is 5.91 Å². The summed E-state index contributed by atoms with van der Waals surface area (Å²) in [5.41, 5.74) is 2.41. The van der Waals surface area contributed by atoms with Crippen LogP contribution in [0.2, 0.25) is 0 Å². The van der Waals surface area contributed by atoms with Crippen molar-refractivity contribution in [1.82, 2.24) is 25.1 Å². The number of anilines is 1. The second-order valence-corrected chi connectivity index (χ2v) is 6.64. The molecule has 0 bridgehead atoms. The minimum Gasteiger partial charge on any atom is -0.497 e. The van der Waals surface area contributed by atoms with Gasteiger partial charge in [-0.3, -0.25) is 4.79 Å². The third-order valence-electron chi connectivity index (χ3n) is 4.97. The molecule has 1 aliphatic rings.